The minimum atomic E-state index is -0.0428. The zero-order valence-corrected chi connectivity index (χ0v) is 16.8. The predicted molar refractivity (Wildman–Crippen MR) is 117 cm³/mol. The summed E-state index contributed by atoms with van der Waals surface area (Å²) in [5.41, 5.74) is 5.69. The van der Waals surface area contributed by atoms with Crippen molar-refractivity contribution in [2.45, 2.75) is 38.8 Å². The van der Waals surface area contributed by atoms with Crippen molar-refractivity contribution in [2.75, 3.05) is 11.9 Å². The number of nitrogens with one attached hydrogen (secondary N) is 1. The Morgan fingerprint density at radius 3 is 2.55 bits per heavy atom. The SMILES string of the molecule is CC(=O)Nc1ccc(CN2CCC[C@H]2c2cccc(Cc3ccccc3)n2)cc1. The quantitative estimate of drug-likeness (QED) is 0.652. The van der Waals surface area contributed by atoms with Crippen LogP contribution in [-0.2, 0) is 17.8 Å². The van der Waals surface area contributed by atoms with Crippen molar-refractivity contribution in [1.82, 2.24) is 9.88 Å². The zero-order valence-electron chi connectivity index (χ0n) is 16.8. The van der Waals surface area contributed by atoms with E-state index < -0.39 is 0 Å². The molecule has 2 heterocycles. The maximum absolute atomic E-state index is 11.2. The second kappa shape index (κ2) is 9.01. The van der Waals surface area contributed by atoms with Gasteiger partial charge in [0.05, 0.1) is 11.7 Å². The largest absolute Gasteiger partial charge is 0.326 e. The van der Waals surface area contributed by atoms with Crippen molar-refractivity contribution >= 4 is 11.6 Å². The first-order chi connectivity index (χ1) is 14.2. The number of amides is 1. The lowest BCUT2D eigenvalue weighted by atomic mass is 10.1. The average molecular weight is 386 g/mol. The molecule has 0 bridgehead atoms. The first-order valence-corrected chi connectivity index (χ1v) is 10.3. The Bertz CT molecular complexity index is 953. The first-order valence-electron chi connectivity index (χ1n) is 10.3. The van der Waals surface area contributed by atoms with E-state index in [4.69, 9.17) is 4.98 Å². The molecule has 4 nitrogen and oxygen atoms in total. The van der Waals surface area contributed by atoms with Crippen molar-refractivity contribution < 1.29 is 4.79 Å². The summed E-state index contributed by atoms with van der Waals surface area (Å²) in [7, 11) is 0. The fourth-order valence-electron chi connectivity index (χ4n) is 4.07. The maximum atomic E-state index is 11.2. The van der Waals surface area contributed by atoms with Crippen molar-refractivity contribution in [1.29, 1.82) is 0 Å². The van der Waals surface area contributed by atoms with Gasteiger partial charge in [-0.15, -0.1) is 0 Å². The highest BCUT2D eigenvalue weighted by Crippen LogP contribution is 2.32. The molecule has 1 amide bonds. The highest BCUT2D eigenvalue weighted by Gasteiger charge is 2.27. The number of nitrogens with zero attached hydrogens (tertiary/aromatic N) is 2. The molecule has 0 saturated carbocycles. The molecule has 1 saturated heterocycles. The number of pyridine rings is 1. The van der Waals surface area contributed by atoms with Gasteiger partial charge in [-0.1, -0.05) is 48.5 Å². The molecule has 0 unspecified atom stereocenters. The lowest BCUT2D eigenvalue weighted by molar-refractivity contribution is -0.114. The molecule has 1 aliphatic rings. The Hall–Kier alpha value is -2.98. The van der Waals surface area contributed by atoms with Gasteiger partial charge in [-0.05, 0) is 54.8 Å². The minimum Gasteiger partial charge on any atom is -0.326 e. The van der Waals surface area contributed by atoms with E-state index in [1.54, 1.807) is 0 Å². The Morgan fingerprint density at radius 1 is 1.00 bits per heavy atom. The van der Waals surface area contributed by atoms with Gasteiger partial charge in [0.25, 0.3) is 0 Å². The third-order valence-electron chi connectivity index (χ3n) is 5.42. The van der Waals surface area contributed by atoms with E-state index in [-0.39, 0.29) is 5.91 Å². The standard InChI is InChI=1S/C25H27N3O/c1-19(29)26-22-14-12-21(13-15-22)18-28-16-6-11-25(28)24-10-5-9-23(27-24)17-20-7-3-2-4-8-20/h2-5,7-10,12-15,25H,6,11,16-18H2,1H3,(H,26,29)/t25-/m0/s1. The zero-order chi connectivity index (χ0) is 20.1. The van der Waals surface area contributed by atoms with E-state index in [9.17, 15) is 4.79 Å². The third kappa shape index (κ3) is 5.09. The van der Waals surface area contributed by atoms with Crippen molar-refractivity contribution in [3.05, 3.63) is 95.3 Å². The maximum Gasteiger partial charge on any atom is 0.221 e. The Morgan fingerprint density at radius 2 is 1.79 bits per heavy atom. The molecule has 1 N–H and O–H groups in total. The molecule has 0 radical (unpaired) electrons. The fraction of sp³-hybridized carbons (Fsp3) is 0.280. The van der Waals surface area contributed by atoms with E-state index in [0.29, 0.717) is 6.04 Å². The van der Waals surface area contributed by atoms with Crippen LogP contribution in [-0.4, -0.2) is 22.3 Å². The Kier molecular flexibility index (Phi) is 6.01. The predicted octanol–water partition coefficient (Wildman–Crippen LogP) is 4.97. The van der Waals surface area contributed by atoms with Gasteiger partial charge in [-0.3, -0.25) is 14.7 Å². The molecule has 1 atom stereocenters. The van der Waals surface area contributed by atoms with Crippen LogP contribution in [0.15, 0.2) is 72.8 Å². The summed E-state index contributed by atoms with van der Waals surface area (Å²) in [4.78, 5) is 18.7. The molecule has 2 aromatic carbocycles. The minimum absolute atomic E-state index is 0.0428. The van der Waals surface area contributed by atoms with Crippen LogP contribution in [0.3, 0.4) is 0 Å². The molecule has 3 aromatic rings. The lowest BCUT2D eigenvalue weighted by Gasteiger charge is -2.24. The van der Waals surface area contributed by atoms with Crippen LogP contribution in [0.5, 0.6) is 0 Å². The van der Waals surface area contributed by atoms with Gasteiger partial charge in [-0.25, -0.2) is 0 Å². The molecular formula is C25H27N3O. The van der Waals surface area contributed by atoms with Crippen LogP contribution < -0.4 is 5.32 Å². The molecule has 4 rings (SSSR count). The molecule has 148 valence electrons. The summed E-state index contributed by atoms with van der Waals surface area (Å²) in [6.45, 7) is 3.51. The molecule has 1 aliphatic heterocycles. The Labute approximate surface area is 172 Å². The topological polar surface area (TPSA) is 45.2 Å². The molecule has 0 spiro atoms. The molecule has 1 fully saturated rings. The van der Waals surface area contributed by atoms with Gasteiger partial charge in [0.2, 0.25) is 5.91 Å². The van der Waals surface area contributed by atoms with Gasteiger partial charge in [0.15, 0.2) is 0 Å². The smallest absolute Gasteiger partial charge is 0.221 e. The van der Waals surface area contributed by atoms with Gasteiger partial charge < -0.3 is 5.32 Å². The second-order valence-electron chi connectivity index (χ2n) is 7.72. The molecular weight excluding hydrogens is 358 g/mol. The molecule has 4 heteroatoms. The number of hydrogen-bond acceptors (Lipinski definition) is 3. The second-order valence-corrected chi connectivity index (χ2v) is 7.72. The number of carbonyl (C=O) groups is 1. The van der Waals surface area contributed by atoms with Crippen molar-refractivity contribution in [2.24, 2.45) is 0 Å². The van der Waals surface area contributed by atoms with Gasteiger partial charge >= 0.3 is 0 Å². The number of anilines is 1. The first kappa shape index (κ1) is 19.3. The van der Waals surface area contributed by atoms with Crippen LogP contribution >= 0.6 is 0 Å². The van der Waals surface area contributed by atoms with Crippen molar-refractivity contribution in [3.8, 4) is 0 Å². The lowest BCUT2D eigenvalue weighted by Crippen LogP contribution is -2.23. The molecule has 29 heavy (non-hydrogen) atoms. The Balaban J connectivity index is 1.45. The summed E-state index contributed by atoms with van der Waals surface area (Å²) in [6, 6.07) is 25.4. The number of benzene rings is 2. The number of aromatic nitrogens is 1. The van der Waals surface area contributed by atoms with E-state index in [0.717, 1.165) is 37.3 Å². The van der Waals surface area contributed by atoms with Crippen molar-refractivity contribution in [3.63, 3.8) is 0 Å². The molecule has 1 aromatic heterocycles. The fourth-order valence-corrected chi connectivity index (χ4v) is 4.07. The van der Waals surface area contributed by atoms with E-state index in [1.807, 2.05) is 18.2 Å². The van der Waals surface area contributed by atoms with Gasteiger partial charge in [-0.2, -0.15) is 0 Å². The van der Waals surface area contributed by atoms with Crippen LogP contribution in [0, 0.1) is 0 Å². The summed E-state index contributed by atoms with van der Waals surface area (Å²) in [5, 5.41) is 2.82. The summed E-state index contributed by atoms with van der Waals surface area (Å²) < 4.78 is 0. The highest BCUT2D eigenvalue weighted by atomic mass is 16.1. The monoisotopic (exact) mass is 385 g/mol. The highest BCUT2D eigenvalue weighted by molar-refractivity contribution is 5.88. The van der Waals surface area contributed by atoms with E-state index >= 15 is 0 Å². The third-order valence-corrected chi connectivity index (χ3v) is 5.42. The number of carbonyl (C=O) groups excluding carboxylic acids is 1. The van der Waals surface area contributed by atoms with Gasteiger partial charge in [0, 0.05) is 31.3 Å². The number of rotatable bonds is 6. The average Bonchev–Trinajstić information content (AvgIpc) is 3.18. The van der Waals surface area contributed by atoms with E-state index in [2.05, 4.69) is 64.8 Å². The number of hydrogen-bond donors (Lipinski definition) is 1. The van der Waals surface area contributed by atoms with Crippen LogP contribution in [0.25, 0.3) is 0 Å². The summed E-state index contributed by atoms with van der Waals surface area (Å²) in [6.07, 6.45) is 3.21. The summed E-state index contributed by atoms with van der Waals surface area (Å²) in [5.74, 6) is -0.0428. The van der Waals surface area contributed by atoms with Crippen LogP contribution in [0.1, 0.15) is 48.3 Å². The van der Waals surface area contributed by atoms with Crippen LogP contribution in [0.4, 0.5) is 5.69 Å². The van der Waals surface area contributed by atoms with Crippen LogP contribution in [0.2, 0.25) is 0 Å². The van der Waals surface area contributed by atoms with E-state index in [1.165, 1.54) is 30.2 Å². The summed E-state index contributed by atoms with van der Waals surface area (Å²) >= 11 is 0. The number of likely N-dealkylation sites (tertiary alicyclic amines) is 1. The van der Waals surface area contributed by atoms with Gasteiger partial charge in [0.1, 0.15) is 0 Å². The normalized spacial score (nSPS) is 16.7. The molecule has 0 aliphatic carbocycles.